The first-order valence-electron chi connectivity index (χ1n) is 7.99. The average molecular weight is 278 g/mol. The lowest BCUT2D eigenvalue weighted by Crippen LogP contribution is -2.40. The Hall–Kier alpha value is -1.98. The average Bonchev–Trinajstić information content (AvgIpc) is 2.41. The molecule has 19 heavy (non-hydrogen) atoms. The topological polar surface area (TPSA) is 46.5 Å². The molecular formula is C13H11F3O3. The lowest BCUT2D eigenvalue weighted by atomic mass is 9.97. The summed E-state index contributed by atoms with van der Waals surface area (Å²) in [6.07, 6.45) is -7.38. The van der Waals surface area contributed by atoms with Gasteiger partial charge in [-0.25, -0.2) is 4.79 Å². The smallest absolute Gasteiger partial charge is 0.430 e. The molecule has 0 aliphatic carbocycles. The van der Waals surface area contributed by atoms with Gasteiger partial charge in [-0.15, -0.1) is 0 Å². The largest absolute Gasteiger partial charge is 0.478 e. The molecule has 1 aliphatic heterocycles. The number of ether oxygens (including phenoxy) is 1. The van der Waals surface area contributed by atoms with Gasteiger partial charge in [0.2, 0.25) is 6.10 Å². The number of aliphatic carboxylic acids is 1. The Morgan fingerprint density at radius 1 is 1.42 bits per heavy atom. The normalized spacial score (nSPS) is 24.4. The standard InChI is InChI=1S/C13H11F3O3/c1-6-3-7(2)10-8(4-6)5-9(12(17)18)11(19-10)13(14,15)16/h3-5,11H,1-2H3,(H,17,18)/i1D3,2D3. The SMILES string of the molecule is [2H]C([2H])([2H])c1cc2c(c(C([2H])([2H])[2H])c1)OC(C(F)(F)F)C(C(=O)O)=C2. The van der Waals surface area contributed by atoms with Crippen LogP contribution in [0.5, 0.6) is 5.75 Å². The van der Waals surface area contributed by atoms with Crippen molar-refractivity contribution in [2.75, 3.05) is 0 Å². The molecule has 0 radical (unpaired) electrons. The molecule has 1 heterocycles. The van der Waals surface area contributed by atoms with Gasteiger partial charge in [-0.2, -0.15) is 13.2 Å². The van der Waals surface area contributed by atoms with E-state index < -0.39 is 54.4 Å². The van der Waals surface area contributed by atoms with Crippen molar-refractivity contribution in [1.29, 1.82) is 0 Å². The zero-order chi connectivity index (χ0) is 19.4. The van der Waals surface area contributed by atoms with Crippen LogP contribution in [-0.4, -0.2) is 23.4 Å². The summed E-state index contributed by atoms with van der Waals surface area (Å²) in [5, 5.41) is 8.99. The summed E-state index contributed by atoms with van der Waals surface area (Å²) in [4.78, 5) is 11.1. The Morgan fingerprint density at radius 2 is 2.16 bits per heavy atom. The van der Waals surface area contributed by atoms with Gasteiger partial charge in [0, 0.05) is 13.8 Å². The highest BCUT2D eigenvalue weighted by atomic mass is 19.4. The van der Waals surface area contributed by atoms with E-state index in [0.717, 1.165) is 12.1 Å². The van der Waals surface area contributed by atoms with Crippen LogP contribution in [0.2, 0.25) is 0 Å². The minimum atomic E-state index is -5.10. The maximum atomic E-state index is 13.1. The number of carboxylic acids is 1. The van der Waals surface area contributed by atoms with E-state index in [9.17, 15) is 18.0 Å². The number of rotatable bonds is 1. The summed E-state index contributed by atoms with van der Waals surface area (Å²) < 4.78 is 88.3. The van der Waals surface area contributed by atoms with Crippen molar-refractivity contribution in [2.24, 2.45) is 0 Å². The van der Waals surface area contributed by atoms with Crippen molar-refractivity contribution >= 4 is 12.0 Å². The Bertz CT molecular complexity index is 749. The Kier molecular flexibility index (Phi) is 1.71. The maximum absolute atomic E-state index is 13.1. The van der Waals surface area contributed by atoms with Gasteiger partial charge in [-0.3, -0.25) is 0 Å². The zero-order valence-electron chi connectivity index (χ0n) is 15.2. The lowest BCUT2D eigenvalue weighted by molar-refractivity contribution is -0.187. The second-order valence-corrected chi connectivity index (χ2v) is 3.89. The molecule has 1 aliphatic rings. The summed E-state index contributed by atoms with van der Waals surface area (Å²) in [7, 11) is 0. The van der Waals surface area contributed by atoms with E-state index in [-0.39, 0.29) is 5.56 Å². The molecular weight excluding hydrogens is 261 g/mol. The summed E-state index contributed by atoms with van der Waals surface area (Å²) in [5.41, 5.74) is -2.70. The second-order valence-electron chi connectivity index (χ2n) is 3.89. The molecule has 0 aromatic heterocycles. The first kappa shape index (κ1) is 7.57. The van der Waals surface area contributed by atoms with E-state index in [0.29, 0.717) is 6.08 Å². The van der Waals surface area contributed by atoms with Crippen molar-refractivity contribution in [3.05, 3.63) is 34.4 Å². The van der Waals surface area contributed by atoms with Crippen LogP contribution in [0, 0.1) is 13.7 Å². The van der Waals surface area contributed by atoms with Crippen LogP contribution in [0.15, 0.2) is 17.7 Å². The molecule has 2 rings (SSSR count). The van der Waals surface area contributed by atoms with E-state index >= 15 is 0 Å². The first-order valence-corrected chi connectivity index (χ1v) is 4.99. The van der Waals surface area contributed by atoms with Crippen molar-refractivity contribution in [2.45, 2.75) is 26.0 Å². The molecule has 0 bridgehead atoms. The molecule has 0 saturated heterocycles. The molecule has 1 unspecified atom stereocenters. The Morgan fingerprint density at radius 3 is 2.68 bits per heavy atom. The van der Waals surface area contributed by atoms with E-state index in [4.69, 9.17) is 13.3 Å². The van der Waals surface area contributed by atoms with Crippen LogP contribution in [0.3, 0.4) is 0 Å². The molecule has 1 aromatic rings. The lowest BCUT2D eigenvalue weighted by Gasteiger charge is -2.28. The van der Waals surface area contributed by atoms with Gasteiger partial charge >= 0.3 is 12.1 Å². The number of carbonyl (C=O) groups is 1. The Balaban J connectivity index is 2.79. The van der Waals surface area contributed by atoms with E-state index in [1.165, 1.54) is 0 Å². The van der Waals surface area contributed by atoms with Crippen molar-refractivity contribution < 1.29 is 36.0 Å². The second kappa shape index (κ2) is 4.29. The van der Waals surface area contributed by atoms with Gasteiger partial charge < -0.3 is 9.84 Å². The predicted molar refractivity (Wildman–Crippen MR) is 62.0 cm³/mol. The van der Waals surface area contributed by atoms with Crippen molar-refractivity contribution in [3.63, 3.8) is 0 Å². The van der Waals surface area contributed by atoms with E-state index in [1.807, 2.05) is 0 Å². The van der Waals surface area contributed by atoms with Crippen LogP contribution in [0.4, 0.5) is 13.2 Å². The number of aryl methyl sites for hydroxylation is 2. The van der Waals surface area contributed by atoms with Gasteiger partial charge in [-0.1, -0.05) is 11.6 Å². The van der Waals surface area contributed by atoms with Gasteiger partial charge in [-0.05, 0) is 31.4 Å². The summed E-state index contributed by atoms with van der Waals surface area (Å²) in [5.74, 6) is -2.62. The molecule has 1 N–H and O–H groups in total. The molecule has 0 spiro atoms. The number of carboxylic acid groups (broad SMARTS) is 1. The van der Waals surface area contributed by atoms with Crippen LogP contribution < -0.4 is 4.74 Å². The molecule has 6 heteroatoms. The highest BCUT2D eigenvalue weighted by molar-refractivity contribution is 5.95. The van der Waals surface area contributed by atoms with Crippen molar-refractivity contribution in [1.82, 2.24) is 0 Å². The number of hydrogen-bond acceptors (Lipinski definition) is 2. The fourth-order valence-electron chi connectivity index (χ4n) is 1.73. The molecule has 1 atom stereocenters. The van der Waals surface area contributed by atoms with E-state index in [2.05, 4.69) is 4.74 Å². The van der Waals surface area contributed by atoms with E-state index in [1.54, 1.807) is 0 Å². The number of halogens is 3. The Labute approximate surface area is 115 Å². The molecule has 0 fully saturated rings. The molecule has 102 valence electrons. The molecule has 0 amide bonds. The summed E-state index contributed by atoms with van der Waals surface area (Å²) in [6.45, 7) is -5.71. The highest BCUT2D eigenvalue weighted by Crippen LogP contribution is 2.39. The van der Waals surface area contributed by atoms with Gasteiger partial charge in [0.25, 0.3) is 0 Å². The fraction of sp³-hybridized carbons (Fsp3) is 0.308. The van der Waals surface area contributed by atoms with Gasteiger partial charge in [0.1, 0.15) is 5.75 Å². The molecule has 1 aromatic carbocycles. The quantitative estimate of drug-likeness (QED) is 0.858. The monoisotopic (exact) mass is 278 g/mol. The minimum Gasteiger partial charge on any atom is -0.478 e. The summed E-state index contributed by atoms with van der Waals surface area (Å²) in [6, 6.07) is 1.62. The number of benzene rings is 1. The third kappa shape index (κ3) is 2.43. The summed E-state index contributed by atoms with van der Waals surface area (Å²) >= 11 is 0. The van der Waals surface area contributed by atoms with Crippen LogP contribution in [0.1, 0.15) is 24.9 Å². The molecule has 3 nitrogen and oxygen atoms in total. The third-order valence-corrected chi connectivity index (χ3v) is 2.49. The predicted octanol–water partition coefficient (Wildman–Crippen LogP) is 3.09. The van der Waals surface area contributed by atoms with Gasteiger partial charge in [0.05, 0.1) is 5.57 Å². The van der Waals surface area contributed by atoms with Crippen LogP contribution in [0.25, 0.3) is 6.08 Å². The van der Waals surface area contributed by atoms with Crippen LogP contribution in [-0.2, 0) is 4.79 Å². The molecule has 0 saturated carbocycles. The van der Waals surface area contributed by atoms with Gasteiger partial charge in [0.15, 0.2) is 0 Å². The zero-order valence-corrected chi connectivity index (χ0v) is 9.21. The number of hydrogen-bond donors (Lipinski definition) is 1. The third-order valence-electron chi connectivity index (χ3n) is 2.49. The maximum Gasteiger partial charge on any atom is 0.430 e. The number of fused-ring (bicyclic) bond motifs is 1. The highest BCUT2D eigenvalue weighted by Gasteiger charge is 2.48. The fourth-order valence-corrected chi connectivity index (χ4v) is 1.73. The van der Waals surface area contributed by atoms with Crippen molar-refractivity contribution in [3.8, 4) is 5.75 Å². The first-order chi connectivity index (χ1) is 11.1. The number of alkyl halides is 3. The minimum absolute atomic E-state index is 0.349. The van der Waals surface area contributed by atoms with Crippen LogP contribution >= 0.6 is 0 Å².